The number of carbonyl (C=O) groups excluding carboxylic acids is 2. The van der Waals surface area contributed by atoms with E-state index >= 15 is 0 Å². The van der Waals surface area contributed by atoms with E-state index in [0.717, 1.165) is 5.56 Å². The van der Waals surface area contributed by atoms with Gasteiger partial charge in [-0.25, -0.2) is 9.97 Å². The third-order valence-corrected chi connectivity index (χ3v) is 4.96. The van der Waals surface area contributed by atoms with Crippen LogP contribution in [0.2, 0.25) is 0 Å². The summed E-state index contributed by atoms with van der Waals surface area (Å²) in [5.41, 5.74) is 1.52. The highest BCUT2D eigenvalue weighted by molar-refractivity contribution is 7.13. The van der Waals surface area contributed by atoms with Gasteiger partial charge in [0.2, 0.25) is 17.7 Å². The lowest BCUT2D eigenvalue weighted by Crippen LogP contribution is -2.32. The van der Waals surface area contributed by atoms with Crippen molar-refractivity contribution in [3.63, 3.8) is 0 Å². The third kappa shape index (κ3) is 3.36. The van der Waals surface area contributed by atoms with Crippen LogP contribution in [0.25, 0.3) is 11.5 Å². The maximum absolute atomic E-state index is 12.4. The minimum Gasteiger partial charge on any atom is -0.444 e. The summed E-state index contributed by atoms with van der Waals surface area (Å²) in [5.74, 6) is -0.109. The lowest BCUT2D eigenvalue weighted by molar-refractivity contribution is -0.126. The van der Waals surface area contributed by atoms with Crippen molar-refractivity contribution < 1.29 is 14.0 Å². The van der Waals surface area contributed by atoms with Gasteiger partial charge >= 0.3 is 0 Å². The number of anilines is 1. The Kier molecular flexibility index (Phi) is 4.49. The molecule has 3 aromatic rings. The number of amides is 2. The first-order valence-electron chi connectivity index (χ1n) is 8.18. The van der Waals surface area contributed by atoms with Crippen LogP contribution in [0.4, 0.5) is 5.13 Å². The van der Waals surface area contributed by atoms with E-state index in [0.29, 0.717) is 23.3 Å². The maximum atomic E-state index is 12.4. The molecule has 0 bridgehead atoms. The molecule has 1 N–H and O–H groups in total. The normalized spacial score (nSPS) is 16.8. The van der Waals surface area contributed by atoms with Crippen molar-refractivity contribution in [3.8, 4) is 11.5 Å². The molecule has 1 fully saturated rings. The highest BCUT2D eigenvalue weighted by Crippen LogP contribution is 2.26. The predicted molar refractivity (Wildman–Crippen MR) is 96.4 cm³/mol. The molecule has 2 aromatic heterocycles. The summed E-state index contributed by atoms with van der Waals surface area (Å²) >= 11 is 1.39. The first-order chi connectivity index (χ1) is 12.7. The Balaban J connectivity index is 1.35. The van der Waals surface area contributed by atoms with Crippen molar-refractivity contribution in [2.24, 2.45) is 5.92 Å². The topological polar surface area (TPSA) is 88.3 Å². The lowest BCUT2D eigenvalue weighted by atomic mass is 10.1. The largest absolute Gasteiger partial charge is 0.444 e. The second-order valence-electron chi connectivity index (χ2n) is 5.95. The van der Waals surface area contributed by atoms with Crippen LogP contribution in [0.5, 0.6) is 0 Å². The first kappa shape index (κ1) is 16.5. The van der Waals surface area contributed by atoms with E-state index in [2.05, 4.69) is 15.3 Å². The monoisotopic (exact) mass is 368 g/mol. The Morgan fingerprint density at radius 3 is 2.96 bits per heavy atom. The van der Waals surface area contributed by atoms with E-state index in [-0.39, 0.29) is 30.7 Å². The fourth-order valence-corrected chi connectivity index (χ4v) is 3.51. The van der Waals surface area contributed by atoms with E-state index in [4.69, 9.17) is 4.42 Å². The van der Waals surface area contributed by atoms with E-state index in [9.17, 15) is 9.59 Å². The fourth-order valence-electron chi connectivity index (χ4n) is 2.84. The molecule has 0 spiro atoms. The number of nitrogens with one attached hydrogen (secondary N) is 1. The number of hydrogen-bond donors (Lipinski definition) is 1. The van der Waals surface area contributed by atoms with Gasteiger partial charge in [-0.2, -0.15) is 0 Å². The zero-order valence-corrected chi connectivity index (χ0v) is 14.6. The van der Waals surface area contributed by atoms with Crippen molar-refractivity contribution in [2.75, 3.05) is 11.4 Å². The summed E-state index contributed by atoms with van der Waals surface area (Å²) in [6.07, 6.45) is 3.37. The van der Waals surface area contributed by atoms with Crippen LogP contribution in [0.15, 0.2) is 52.6 Å². The second-order valence-corrected chi connectivity index (χ2v) is 6.82. The van der Waals surface area contributed by atoms with Gasteiger partial charge in [-0.1, -0.05) is 18.2 Å². The standard InChI is InChI=1S/C18H16N4O3S/c23-15-8-13(10-22(15)18-19-6-7-26-18)16(24)20-9-14-11-25-17(21-14)12-4-2-1-3-5-12/h1-7,11,13H,8-10H2,(H,20,24). The van der Waals surface area contributed by atoms with Crippen LogP contribution < -0.4 is 10.2 Å². The fraction of sp³-hybridized carbons (Fsp3) is 0.222. The van der Waals surface area contributed by atoms with Gasteiger partial charge in [0.15, 0.2) is 5.13 Å². The van der Waals surface area contributed by atoms with Gasteiger partial charge < -0.3 is 9.73 Å². The number of benzene rings is 1. The van der Waals surface area contributed by atoms with Gasteiger partial charge in [0.1, 0.15) is 6.26 Å². The maximum Gasteiger partial charge on any atom is 0.229 e. The van der Waals surface area contributed by atoms with Crippen molar-refractivity contribution in [3.05, 3.63) is 53.9 Å². The van der Waals surface area contributed by atoms with Gasteiger partial charge in [0.05, 0.1) is 18.2 Å². The van der Waals surface area contributed by atoms with Gasteiger partial charge in [-0.15, -0.1) is 11.3 Å². The molecule has 3 heterocycles. The van der Waals surface area contributed by atoms with Crippen molar-refractivity contribution in [1.29, 1.82) is 0 Å². The first-order valence-corrected chi connectivity index (χ1v) is 9.06. The summed E-state index contributed by atoms with van der Waals surface area (Å²) in [5, 5.41) is 5.28. The van der Waals surface area contributed by atoms with Crippen molar-refractivity contribution in [2.45, 2.75) is 13.0 Å². The number of carbonyl (C=O) groups is 2. The molecule has 0 saturated carbocycles. The summed E-state index contributed by atoms with van der Waals surface area (Å²) in [6.45, 7) is 0.614. The highest BCUT2D eigenvalue weighted by atomic mass is 32.1. The van der Waals surface area contributed by atoms with Crippen LogP contribution in [-0.2, 0) is 16.1 Å². The van der Waals surface area contributed by atoms with Crippen LogP contribution in [0, 0.1) is 5.92 Å². The molecule has 1 atom stereocenters. The second kappa shape index (κ2) is 7.09. The molecule has 1 aromatic carbocycles. The molecular weight excluding hydrogens is 352 g/mol. The van der Waals surface area contributed by atoms with E-state index in [1.807, 2.05) is 35.7 Å². The minimum atomic E-state index is -0.383. The summed E-state index contributed by atoms with van der Waals surface area (Å²) < 4.78 is 5.46. The number of hydrogen-bond acceptors (Lipinski definition) is 6. The van der Waals surface area contributed by atoms with E-state index in [1.54, 1.807) is 11.1 Å². The average molecular weight is 368 g/mol. The molecule has 0 aliphatic carbocycles. The van der Waals surface area contributed by atoms with Crippen molar-refractivity contribution >= 4 is 28.3 Å². The van der Waals surface area contributed by atoms with Crippen LogP contribution in [0.3, 0.4) is 0 Å². The van der Waals surface area contributed by atoms with Crippen LogP contribution in [0.1, 0.15) is 12.1 Å². The molecule has 4 rings (SSSR count). The molecular formula is C18H16N4O3S. The Morgan fingerprint density at radius 1 is 1.35 bits per heavy atom. The molecule has 7 nitrogen and oxygen atoms in total. The SMILES string of the molecule is O=C(NCc1coc(-c2ccccc2)n1)C1CC(=O)N(c2nccs2)C1. The number of oxazole rings is 1. The van der Waals surface area contributed by atoms with Crippen LogP contribution >= 0.6 is 11.3 Å². The van der Waals surface area contributed by atoms with Crippen molar-refractivity contribution in [1.82, 2.24) is 15.3 Å². The molecule has 2 amide bonds. The summed E-state index contributed by atoms with van der Waals surface area (Å²) in [4.78, 5) is 34.6. The van der Waals surface area contributed by atoms with Gasteiger partial charge in [-0.3, -0.25) is 14.5 Å². The number of aromatic nitrogens is 2. The minimum absolute atomic E-state index is 0.0760. The Bertz CT molecular complexity index is 908. The molecule has 1 aliphatic heterocycles. The molecule has 132 valence electrons. The molecule has 1 saturated heterocycles. The lowest BCUT2D eigenvalue weighted by Gasteiger charge is -2.12. The van der Waals surface area contributed by atoms with Gasteiger partial charge in [0.25, 0.3) is 0 Å². The smallest absolute Gasteiger partial charge is 0.229 e. The highest BCUT2D eigenvalue weighted by Gasteiger charge is 2.36. The van der Waals surface area contributed by atoms with Crippen LogP contribution in [-0.4, -0.2) is 28.3 Å². The summed E-state index contributed by atoms with van der Waals surface area (Å²) in [7, 11) is 0. The zero-order chi connectivity index (χ0) is 17.9. The van der Waals surface area contributed by atoms with E-state index in [1.165, 1.54) is 17.6 Å². The summed E-state index contributed by atoms with van der Waals surface area (Å²) in [6, 6.07) is 9.56. The van der Waals surface area contributed by atoms with Gasteiger partial charge in [-0.05, 0) is 12.1 Å². The predicted octanol–water partition coefficient (Wildman–Crippen LogP) is 2.47. The number of nitrogens with zero attached hydrogens (tertiary/aromatic N) is 3. The molecule has 0 radical (unpaired) electrons. The average Bonchev–Trinajstić information content (AvgIpc) is 3.41. The Morgan fingerprint density at radius 2 is 2.19 bits per heavy atom. The quantitative estimate of drug-likeness (QED) is 0.747. The number of rotatable bonds is 5. The van der Waals surface area contributed by atoms with Gasteiger partial charge in [0, 0.05) is 30.1 Å². The van der Waals surface area contributed by atoms with E-state index < -0.39 is 0 Å². The third-order valence-electron chi connectivity index (χ3n) is 4.16. The molecule has 8 heteroatoms. The molecule has 1 unspecified atom stereocenters. The molecule has 1 aliphatic rings. The zero-order valence-electron chi connectivity index (χ0n) is 13.8. The Labute approximate surface area is 153 Å². The molecule has 26 heavy (non-hydrogen) atoms. The Hall–Kier alpha value is -3.00. The number of thiazole rings is 1.